The molecule has 16 heavy (non-hydrogen) atoms. The number of unbranched alkanes of at least 4 members (excludes halogenated alkanes) is 1. The molecule has 1 aromatic heterocycles. The molecule has 1 rings (SSSR count). The van der Waals surface area contributed by atoms with E-state index in [1.165, 1.54) is 12.3 Å². The first-order chi connectivity index (χ1) is 7.69. The Morgan fingerprint density at radius 3 is 2.81 bits per heavy atom. The molecule has 0 aliphatic carbocycles. The summed E-state index contributed by atoms with van der Waals surface area (Å²) in [6.45, 7) is 5.36. The van der Waals surface area contributed by atoms with Crippen LogP contribution in [0.1, 0.15) is 37.0 Å². The molecule has 0 saturated heterocycles. The van der Waals surface area contributed by atoms with Gasteiger partial charge < -0.3 is 4.90 Å². The lowest BCUT2D eigenvalue weighted by Crippen LogP contribution is -2.31. The van der Waals surface area contributed by atoms with Crippen LogP contribution >= 0.6 is 0 Å². The maximum Gasteiger partial charge on any atom is 0.254 e. The van der Waals surface area contributed by atoms with Gasteiger partial charge in [0.15, 0.2) is 0 Å². The topological polar surface area (TPSA) is 33.2 Å². The van der Waals surface area contributed by atoms with Gasteiger partial charge in [0.1, 0.15) is 0 Å². The number of hydrogen-bond donors (Lipinski definition) is 0. The molecular formula is C12H17FN2O. The SMILES string of the molecule is CCCCN(CC)C(=O)c1ccnc(F)c1. The van der Waals surface area contributed by atoms with Gasteiger partial charge in [-0.25, -0.2) is 4.98 Å². The molecule has 0 bridgehead atoms. The van der Waals surface area contributed by atoms with Crippen molar-refractivity contribution in [1.82, 2.24) is 9.88 Å². The van der Waals surface area contributed by atoms with Crippen LogP contribution in [-0.4, -0.2) is 28.9 Å². The van der Waals surface area contributed by atoms with Crippen molar-refractivity contribution in [3.8, 4) is 0 Å². The molecule has 0 aliphatic heterocycles. The molecule has 0 saturated carbocycles. The highest BCUT2D eigenvalue weighted by atomic mass is 19.1. The normalized spacial score (nSPS) is 10.2. The third-order valence-electron chi connectivity index (χ3n) is 2.42. The quantitative estimate of drug-likeness (QED) is 0.720. The van der Waals surface area contributed by atoms with Gasteiger partial charge in [-0.05, 0) is 19.4 Å². The summed E-state index contributed by atoms with van der Waals surface area (Å²) in [4.78, 5) is 17.1. The van der Waals surface area contributed by atoms with E-state index in [1.54, 1.807) is 11.0 Å². The standard InChI is InChI=1S/C12H17FN2O/c1-3-5-8-15(4-2)12(16)10-6-7-14-11(13)9-10/h6-7,9H,3-5,8H2,1-2H3. The van der Waals surface area contributed by atoms with Crippen LogP contribution in [0.15, 0.2) is 18.3 Å². The highest BCUT2D eigenvalue weighted by molar-refractivity contribution is 5.94. The zero-order chi connectivity index (χ0) is 12.0. The minimum atomic E-state index is -0.614. The van der Waals surface area contributed by atoms with Gasteiger partial charge >= 0.3 is 0 Å². The van der Waals surface area contributed by atoms with Crippen LogP contribution in [0, 0.1) is 5.95 Å². The minimum Gasteiger partial charge on any atom is -0.339 e. The molecule has 0 atom stereocenters. The van der Waals surface area contributed by atoms with E-state index < -0.39 is 5.95 Å². The Labute approximate surface area is 95.3 Å². The number of aromatic nitrogens is 1. The number of pyridine rings is 1. The second-order valence-electron chi connectivity index (χ2n) is 3.61. The lowest BCUT2D eigenvalue weighted by Gasteiger charge is -2.20. The summed E-state index contributed by atoms with van der Waals surface area (Å²) in [6, 6.07) is 2.72. The van der Waals surface area contributed by atoms with Gasteiger partial charge in [0.05, 0.1) is 0 Å². The lowest BCUT2D eigenvalue weighted by atomic mass is 10.2. The molecule has 0 unspecified atom stereocenters. The summed E-state index contributed by atoms with van der Waals surface area (Å²) in [5.41, 5.74) is 0.366. The van der Waals surface area contributed by atoms with Crippen molar-refractivity contribution in [2.45, 2.75) is 26.7 Å². The summed E-state index contributed by atoms with van der Waals surface area (Å²) in [6.07, 6.45) is 3.32. The number of carbonyl (C=O) groups is 1. The van der Waals surface area contributed by atoms with Crippen molar-refractivity contribution < 1.29 is 9.18 Å². The van der Waals surface area contributed by atoms with Crippen molar-refractivity contribution in [2.75, 3.05) is 13.1 Å². The molecule has 1 amide bonds. The summed E-state index contributed by atoms with van der Waals surface area (Å²) >= 11 is 0. The van der Waals surface area contributed by atoms with Gasteiger partial charge in [-0.15, -0.1) is 0 Å². The van der Waals surface area contributed by atoms with Crippen molar-refractivity contribution in [2.24, 2.45) is 0 Å². The Kier molecular flexibility index (Phi) is 4.89. The van der Waals surface area contributed by atoms with Crippen LogP contribution in [0.3, 0.4) is 0 Å². The van der Waals surface area contributed by atoms with Crippen LogP contribution in [0.25, 0.3) is 0 Å². The van der Waals surface area contributed by atoms with Crippen LogP contribution in [0.2, 0.25) is 0 Å². The maximum atomic E-state index is 12.9. The molecule has 0 radical (unpaired) electrons. The Morgan fingerprint density at radius 1 is 1.50 bits per heavy atom. The summed E-state index contributed by atoms with van der Waals surface area (Å²) < 4.78 is 12.9. The molecule has 4 heteroatoms. The largest absolute Gasteiger partial charge is 0.339 e. The van der Waals surface area contributed by atoms with E-state index in [0.717, 1.165) is 19.4 Å². The molecule has 0 spiro atoms. The van der Waals surface area contributed by atoms with Crippen LogP contribution in [0.5, 0.6) is 0 Å². The molecule has 0 aliphatic rings. The van der Waals surface area contributed by atoms with Crippen molar-refractivity contribution in [1.29, 1.82) is 0 Å². The molecule has 1 aromatic rings. The summed E-state index contributed by atoms with van der Waals surface area (Å²) in [5.74, 6) is -0.741. The molecule has 88 valence electrons. The highest BCUT2D eigenvalue weighted by Crippen LogP contribution is 2.06. The van der Waals surface area contributed by atoms with Crippen LogP contribution in [0.4, 0.5) is 4.39 Å². The van der Waals surface area contributed by atoms with Gasteiger partial charge in [0.2, 0.25) is 5.95 Å². The Morgan fingerprint density at radius 2 is 2.25 bits per heavy atom. The maximum absolute atomic E-state index is 12.9. The molecule has 3 nitrogen and oxygen atoms in total. The monoisotopic (exact) mass is 224 g/mol. The molecule has 0 aromatic carbocycles. The second-order valence-corrected chi connectivity index (χ2v) is 3.61. The Balaban J connectivity index is 2.74. The molecule has 0 fully saturated rings. The third kappa shape index (κ3) is 3.29. The highest BCUT2D eigenvalue weighted by Gasteiger charge is 2.13. The fourth-order valence-corrected chi connectivity index (χ4v) is 1.47. The van der Waals surface area contributed by atoms with E-state index in [4.69, 9.17) is 0 Å². The number of amides is 1. The average molecular weight is 224 g/mol. The third-order valence-corrected chi connectivity index (χ3v) is 2.42. The fraction of sp³-hybridized carbons (Fsp3) is 0.500. The van der Waals surface area contributed by atoms with E-state index in [0.29, 0.717) is 12.1 Å². The predicted molar refractivity (Wildman–Crippen MR) is 60.7 cm³/mol. The second kappa shape index (κ2) is 6.20. The first-order valence-electron chi connectivity index (χ1n) is 5.59. The van der Waals surface area contributed by atoms with E-state index in [9.17, 15) is 9.18 Å². The summed E-state index contributed by atoms with van der Waals surface area (Å²) in [5, 5.41) is 0. The fourth-order valence-electron chi connectivity index (χ4n) is 1.47. The minimum absolute atomic E-state index is 0.128. The first-order valence-corrected chi connectivity index (χ1v) is 5.59. The summed E-state index contributed by atoms with van der Waals surface area (Å²) in [7, 11) is 0. The number of halogens is 1. The van der Waals surface area contributed by atoms with Gasteiger partial charge in [-0.1, -0.05) is 13.3 Å². The number of nitrogens with zero attached hydrogens (tertiary/aromatic N) is 2. The Bertz CT molecular complexity index is 355. The van der Waals surface area contributed by atoms with Crippen molar-refractivity contribution >= 4 is 5.91 Å². The van der Waals surface area contributed by atoms with E-state index in [-0.39, 0.29) is 5.91 Å². The van der Waals surface area contributed by atoms with Crippen LogP contribution < -0.4 is 0 Å². The van der Waals surface area contributed by atoms with E-state index in [1.807, 2.05) is 6.92 Å². The predicted octanol–water partition coefficient (Wildman–Crippen LogP) is 2.48. The van der Waals surface area contributed by atoms with E-state index >= 15 is 0 Å². The van der Waals surface area contributed by atoms with Gasteiger partial charge in [-0.3, -0.25) is 4.79 Å². The lowest BCUT2D eigenvalue weighted by molar-refractivity contribution is 0.0761. The smallest absolute Gasteiger partial charge is 0.254 e. The molecular weight excluding hydrogens is 207 g/mol. The number of rotatable bonds is 5. The van der Waals surface area contributed by atoms with Gasteiger partial charge in [0, 0.05) is 30.9 Å². The van der Waals surface area contributed by atoms with Crippen molar-refractivity contribution in [3.63, 3.8) is 0 Å². The van der Waals surface area contributed by atoms with Crippen LogP contribution in [-0.2, 0) is 0 Å². The van der Waals surface area contributed by atoms with Gasteiger partial charge in [0.25, 0.3) is 5.91 Å². The zero-order valence-electron chi connectivity index (χ0n) is 9.74. The molecule has 0 N–H and O–H groups in total. The molecule has 1 heterocycles. The Hall–Kier alpha value is -1.45. The van der Waals surface area contributed by atoms with E-state index in [2.05, 4.69) is 11.9 Å². The van der Waals surface area contributed by atoms with Gasteiger partial charge in [-0.2, -0.15) is 4.39 Å². The number of hydrogen-bond acceptors (Lipinski definition) is 2. The average Bonchev–Trinajstić information content (AvgIpc) is 2.29. The zero-order valence-corrected chi connectivity index (χ0v) is 9.74. The van der Waals surface area contributed by atoms with Crippen molar-refractivity contribution in [3.05, 3.63) is 29.8 Å². The number of carbonyl (C=O) groups excluding carboxylic acids is 1. The first kappa shape index (κ1) is 12.6.